The lowest BCUT2D eigenvalue weighted by atomic mass is 10.0. The van der Waals surface area contributed by atoms with E-state index in [1.807, 2.05) is 0 Å². The molecule has 2 saturated heterocycles. The third kappa shape index (κ3) is 0.731. The first-order chi connectivity index (χ1) is 4.71. The van der Waals surface area contributed by atoms with Crippen molar-refractivity contribution in [2.75, 3.05) is 14.1 Å². The molecule has 2 unspecified atom stereocenters. The second-order valence-electron chi connectivity index (χ2n) is 4.27. The van der Waals surface area contributed by atoms with Crippen LogP contribution in [0.25, 0.3) is 0 Å². The summed E-state index contributed by atoms with van der Waals surface area (Å²) in [5.74, 6) is 0. The van der Waals surface area contributed by atoms with Gasteiger partial charge in [0.15, 0.2) is 0 Å². The smallest absolute Gasteiger partial charge is 0.0893 e. The first-order valence-electron chi connectivity index (χ1n) is 4.36. The highest BCUT2D eigenvalue weighted by Gasteiger charge is 2.45. The molecule has 0 amide bonds. The van der Waals surface area contributed by atoms with Crippen LogP contribution in [0, 0.1) is 6.42 Å². The van der Waals surface area contributed by atoms with Crippen LogP contribution in [0.3, 0.4) is 0 Å². The van der Waals surface area contributed by atoms with E-state index in [-0.39, 0.29) is 0 Å². The van der Waals surface area contributed by atoms with Crippen LogP contribution in [-0.2, 0) is 0 Å². The number of hydrogen-bond acceptors (Lipinski definition) is 0. The molecule has 0 spiro atoms. The number of piperidine rings is 1. The third-order valence-corrected chi connectivity index (χ3v) is 3.59. The summed E-state index contributed by atoms with van der Waals surface area (Å²) >= 11 is 0. The van der Waals surface area contributed by atoms with Crippen molar-refractivity contribution >= 4 is 0 Å². The van der Waals surface area contributed by atoms with E-state index in [9.17, 15) is 0 Å². The SMILES string of the molecule is C[N+]1(C)C2C[CH]CC1CC2. The zero-order chi connectivity index (χ0) is 7.19. The maximum atomic E-state index is 2.49. The molecule has 0 aromatic rings. The van der Waals surface area contributed by atoms with Gasteiger partial charge in [-0.05, 0) is 6.42 Å². The molecule has 1 nitrogen and oxygen atoms in total. The predicted molar refractivity (Wildman–Crippen MR) is 42.5 cm³/mol. The van der Waals surface area contributed by atoms with Crippen LogP contribution in [0.15, 0.2) is 0 Å². The van der Waals surface area contributed by atoms with Gasteiger partial charge in [-0.1, -0.05) is 0 Å². The minimum atomic E-state index is 0.957. The lowest BCUT2D eigenvalue weighted by Gasteiger charge is -2.41. The van der Waals surface area contributed by atoms with E-state index in [0.29, 0.717) is 0 Å². The zero-order valence-corrected chi connectivity index (χ0v) is 7.01. The minimum absolute atomic E-state index is 0.957. The fourth-order valence-corrected chi connectivity index (χ4v) is 2.61. The number of nitrogens with zero attached hydrogens (tertiary/aromatic N) is 1. The van der Waals surface area contributed by atoms with Crippen LogP contribution in [0.2, 0.25) is 0 Å². The molecule has 2 bridgehead atoms. The summed E-state index contributed by atoms with van der Waals surface area (Å²) < 4.78 is 1.30. The van der Waals surface area contributed by atoms with Gasteiger partial charge in [0, 0.05) is 25.7 Å². The van der Waals surface area contributed by atoms with Crippen molar-refractivity contribution in [1.82, 2.24) is 0 Å². The molecule has 1 heteroatoms. The fraction of sp³-hybridized carbons (Fsp3) is 0.889. The summed E-state index contributed by atoms with van der Waals surface area (Å²) in [5, 5.41) is 0. The molecule has 1 radical (unpaired) electrons. The molecule has 2 aliphatic rings. The lowest BCUT2D eigenvalue weighted by molar-refractivity contribution is -0.928. The van der Waals surface area contributed by atoms with Gasteiger partial charge in [-0.2, -0.15) is 0 Å². The van der Waals surface area contributed by atoms with Crippen molar-refractivity contribution in [1.29, 1.82) is 0 Å². The molecular weight excluding hydrogens is 122 g/mol. The first-order valence-corrected chi connectivity index (χ1v) is 4.36. The average Bonchev–Trinajstić information content (AvgIpc) is 2.17. The Kier molecular flexibility index (Phi) is 1.31. The molecular formula is C9H17N+. The van der Waals surface area contributed by atoms with Gasteiger partial charge in [-0.3, -0.25) is 0 Å². The highest BCUT2D eigenvalue weighted by atomic mass is 15.4. The molecule has 2 rings (SSSR count). The zero-order valence-electron chi connectivity index (χ0n) is 7.01. The molecule has 0 aromatic carbocycles. The maximum Gasteiger partial charge on any atom is 0.0893 e. The maximum absolute atomic E-state index is 2.49. The van der Waals surface area contributed by atoms with Gasteiger partial charge >= 0.3 is 0 Å². The van der Waals surface area contributed by atoms with E-state index in [1.54, 1.807) is 0 Å². The molecule has 57 valence electrons. The van der Waals surface area contributed by atoms with E-state index < -0.39 is 0 Å². The van der Waals surface area contributed by atoms with Crippen molar-refractivity contribution in [3.05, 3.63) is 6.42 Å². The molecule has 2 atom stereocenters. The van der Waals surface area contributed by atoms with Crippen LogP contribution < -0.4 is 0 Å². The van der Waals surface area contributed by atoms with Crippen LogP contribution in [0.5, 0.6) is 0 Å². The van der Waals surface area contributed by atoms with Crippen LogP contribution in [0.4, 0.5) is 0 Å². The summed E-state index contributed by atoms with van der Waals surface area (Å²) in [6.45, 7) is 0. The monoisotopic (exact) mass is 139 g/mol. The minimum Gasteiger partial charge on any atom is -0.324 e. The summed E-state index contributed by atoms with van der Waals surface area (Å²) in [5.41, 5.74) is 0. The predicted octanol–water partition coefficient (Wildman–Crippen LogP) is 1.59. The Morgan fingerprint density at radius 2 is 1.60 bits per heavy atom. The topological polar surface area (TPSA) is 0 Å². The largest absolute Gasteiger partial charge is 0.324 e. The second kappa shape index (κ2) is 1.97. The third-order valence-electron chi connectivity index (χ3n) is 3.59. The van der Waals surface area contributed by atoms with E-state index >= 15 is 0 Å². The van der Waals surface area contributed by atoms with Crippen molar-refractivity contribution < 1.29 is 4.48 Å². The molecule has 2 aliphatic heterocycles. The molecule has 0 saturated carbocycles. The summed E-state index contributed by atoms with van der Waals surface area (Å²) in [4.78, 5) is 0. The highest BCUT2D eigenvalue weighted by molar-refractivity contribution is 4.88. The van der Waals surface area contributed by atoms with Crippen molar-refractivity contribution in [3.8, 4) is 0 Å². The Hall–Kier alpha value is -0.0400. The fourth-order valence-electron chi connectivity index (χ4n) is 2.61. The Morgan fingerprint density at radius 1 is 1.10 bits per heavy atom. The Balaban J connectivity index is 2.21. The molecule has 0 N–H and O–H groups in total. The van der Waals surface area contributed by atoms with Gasteiger partial charge in [0.25, 0.3) is 0 Å². The number of quaternary nitrogens is 1. The standard InChI is InChI=1S/C9H17N/c1-10(2)8-4-3-5-9(10)7-6-8/h3,8-9H,4-7H2,1-2H3/q+1. The Morgan fingerprint density at radius 3 is 2.00 bits per heavy atom. The summed E-state index contributed by atoms with van der Waals surface area (Å²) in [7, 11) is 4.80. The van der Waals surface area contributed by atoms with Gasteiger partial charge in [0.2, 0.25) is 0 Å². The van der Waals surface area contributed by atoms with Gasteiger partial charge in [0.1, 0.15) is 0 Å². The van der Waals surface area contributed by atoms with Gasteiger partial charge < -0.3 is 4.48 Å². The van der Waals surface area contributed by atoms with Crippen LogP contribution in [-0.4, -0.2) is 30.7 Å². The van der Waals surface area contributed by atoms with E-state index in [2.05, 4.69) is 20.5 Å². The molecule has 0 aromatic heterocycles. The number of rotatable bonds is 0. The second-order valence-corrected chi connectivity index (χ2v) is 4.27. The average molecular weight is 139 g/mol. The number of fused-ring (bicyclic) bond motifs is 2. The van der Waals surface area contributed by atoms with E-state index in [1.165, 1.54) is 30.2 Å². The quantitative estimate of drug-likeness (QED) is 0.447. The van der Waals surface area contributed by atoms with Gasteiger partial charge in [-0.15, -0.1) is 0 Å². The van der Waals surface area contributed by atoms with E-state index in [4.69, 9.17) is 0 Å². The Bertz CT molecular complexity index is 122. The van der Waals surface area contributed by atoms with E-state index in [0.717, 1.165) is 12.1 Å². The van der Waals surface area contributed by atoms with Gasteiger partial charge in [-0.25, -0.2) is 0 Å². The summed E-state index contributed by atoms with van der Waals surface area (Å²) in [6.07, 6.45) is 8.15. The van der Waals surface area contributed by atoms with Crippen molar-refractivity contribution in [2.45, 2.75) is 37.8 Å². The van der Waals surface area contributed by atoms with Crippen molar-refractivity contribution in [2.24, 2.45) is 0 Å². The molecule has 10 heavy (non-hydrogen) atoms. The Labute approximate surface area is 63.6 Å². The van der Waals surface area contributed by atoms with Crippen LogP contribution >= 0.6 is 0 Å². The molecule has 2 fully saturated rings. The molecule has 2 heterocycles. The van der Waals surface area contributed by atoms with Gasteiger partial charge in [0.05, 0.1) is 26.2 Å². The normalized spacial score (nSPS) is 43.8. The molecule has 0 aliphatic carbocycles. The van der Waals surface area contributed by atoms with Crippen LogP contribution in [0.1, 0.15) is 25.7 Å². The van der Waals surface area contributed by atoms with Crippen molar-refractivity contribution in [3.63, 3.8) is 0 Å². The lowest BCUT2D eigenvalue weighted by Crippen LogP contribution is -2.52. The number of hydrogen-bond donors (Lipinski definition) is 0. The summed E-state index contributed by atoms with van der Waals surface area (Å²) in [6, 6.07) is 1.91. The first kappa shape index (κ1) is 6.66. The highest BCUT2D eigenvalue weighted by Crippen LogP contribution is 2.38.